The van der Waals surface area contributed by atoms with Crippen molar-refractivity contribution in [1.29, 1.82) is 0 Å². The average Bonchev–Trinajstić information content (AvgIpc) is 3.45. The normalized spacial score (nSPS) is 19.0. The molecule has 2 aliphatic rings. The Labute approximate surface area is 180 Å². The minimum atomic E-state index is -0.231. The third kappa shape index (κ3) is 3.00. The van der Waals surface area contributed by atoms with Crippen LogP contribution in [-0.4, -0.2) is 40.4 Å². The van der Waals surface area contributed by atoms with E-state index in [9.17, 15) is 4.79 Å². The molecule has 6 rings (SSSR count). The Morgan fingerprint density at radius 1 is 1.03 bits per heavy atom. The largest absolute Gasteiger partial charge is 0.464 e. The topological polar surface area (TPSA) is 65.4 Å². The van der Waals surface area contributed by atoms with Crippen molar-refractivity contribution in [3.8, 4) is 0 Å². The zero-order chi connectivity index (χ0) is 20.8. The number of nitrogens with one attached hydrogen (secondary N) is 1. The number of carbonyl (C=O) groups is 1. The Hall–Kier alpha value is -3.28. The van der Waals surface area contributed by atoms with Crippen LogP contribution in [0, 0.1) is 5.41 Å². The summed E-state index contributed by atoms with van der Waals surface area (Å²) >= 11 is 0. The van der Waals surface area contributed by atoms with Crippen molar-refractivity contribution < 1.29 is 9.21 Å². The number of nitrogens with zero attached hydrogens (tertiary/aromatic N) is 3. The molecule has 1 spiro atoms. The molecule has 0 saturated carbocycles. The summed E-state index contributed by atoms with van der Waals surface area (Å²) in [6, 6.07) is 12.2. The van der Waals surface area contributed by atoms with E-state index in [0.717, 1.165) is 67.6 Å². The number of aromatic nitrogens is 2. The summed E-state index contributed by atoms with van der Waals surface area (Å²) in [7, 11) is 0. The predicted octanol–water partition coefficient (Wildman–Crippen LogP) is 4.72. The fourth-order valence-corrected chi connectivity index (χ4v) is 5.51. The molecule has 4 aromatic rings. The van der Waals surface area contributed by atoms with Crippen LogP contribution in [0.4, 0.5) is 5.82 Å². The molecule has 158 valence electrons. The fraction of sp³-hybridized carbons (Fsp3) is 0.360. The number of piperidine rings is 2. The van der Waals surface area contributed by atoms with Crippen LogP contribution < -0.4 is 4.90 Å². The minimum absolute atomic E-state index is 0.231. The van der Waals surface area contributed by atoms with Gasteiger partial charge in [0.2, 0.25) is 5.91 Å². The maximum Gasteiger partial charge on any atom is 0.229 e. The van der Waals surface area contributed by atoms with E-state index >= 15 is 0 Å². The van der Waals surface area contributed by atoms with Crippen LogP contribution in [0.2, 0.25) is 0 Å². The lowest BCUT2D eigenvalue weighted by Gasteiger charge is -2.46. The Morgan fingerprint density at radius 2 is 1.90 bits per heavy atom. The zero-order valence-corrected chi connectivity index (χ0v) is 17.5. The number of rotatable bonds is 3. The van der Waals surface area contributed by atoms with E-state index < -0.39 is 0 Å². The molecule has 0 unspecified atom stereocenters. The van der Waals surface area contributed by atoms with Crippen molar-refractivity contribution in [2.24, 2.45) is 5.41 Å². The van der Waals surface area contributed by atoms with Gasteiger partial charge in [-0.1, -0.05) is 18.2 Å². The van der Waals surface area contributed by atoms with Gasteiger partial charge < -0.3 is 19.2 Å². The second kappa shape index (κ2) is 7.15. The number of likely N-dealkylation sites (tertiary alicyclic amines) is 1. The highest BCUT2D eigenvalue weighted by Gasteiger charge is 2.46. The second-order valence-corrected chi connectivity index (χ2v) is 8.92. The molecule has 0 bridgehead atoms. The highest BCUT2D eigenvalue weighted by molar-refractivity contribution is 5.89. The second-order valence-electron chi connectivity index (χ2n) is 8.92. The lowest BCUT2D eigenvalue weighted by Crippen LogP contribution is -2.53. The fourth-order valence-electron chi connectivity index (χ4n) is 5.51. The van der Waals surface area contributed by atoms with Crippen LogP contribution in [0.5, 0.6) is 0 Å². The molecule has 1 aromatic carbocycles. The standard InChI is InChI=1S/C25H26N4O2/c30-24-25(8-3-12-29(24)17-18-16-27-21-5-2-1-4-19(18)21)9-13-28(14-10-25)23-20-7-15-31-22(20)6-11-26-23/h1-2,4-7,11,15-16,27H,3,8-10,12-14,17H2. The monoisotopic (exact) mass is 414 g/mol. The van der Waals surface area contributed by atoms with Crippen LogP contribution in [0.15, 0.2) is 59.5 Å². The summed E-state index contributed by atoms with van der Waals surface area (Å²) in [5.74, 6) is 1.30. The summed E-state index contributed by atoms with van der Waals surface area (Å²) < 4.78 is 5.54. The van der Waals surface area contributed by atoms with E-state index in [0.29, 0.717) is 12.5 Å². The summed E-state index contributed by atoms with van der Waals surface area (Å²) in [6.45, 7) is 3.23. The van der Waals surface area contributed by atoms with Gasteiger partial charge in [-0.15, -0.1) is 0 Å². The third-order valence-corrected chi connectivity index (χ3v) is 7.24. The van der Waals surface area contributed by atoms with Crippen molar-refractivity contribution in [2.75, 3.05) is 24.5 Å². The molecule has 0 radical (unpaired) electrons. The van der Waals surface area contributed by atoms with E-state index in [1.165, 1.54) is 10.9 Å². The molecular formula is C25H26N4O2. The van der Waals surface area contributed by atoms with Crippen molar-refractivity contribution in [2.45, 2.75) is 32.2 Å². The number of benzene rings is 1. The van der Waals surface area contributed by atoms with Crippen molar-refractivity contribution in [3.05, 3.63) is 60.6 Å². The molecule has 6 nitrogen and oxygen atoms in total. The number of anilines is 1. The number of aromatic amines is 1. The molecule has 1 amide bonds. The lowest BCUT2D eigenvalue weighted by molar-refractivity contribution is -0.148. The van der Waals surface area contributed by atoms with Gasteiger partial charge in [0.05, 0.1) is 17.1 Å². The quantitative estimate of drug-likeness (QED) is 0.527. The van der Waals surface area contributed by atoms with Gasteiger partial charge in [-0.2, -0.15) is 0 Å². The maximum absolute atomic E-state index is 13.6. The van der Waals surface area contributed by atoms with Crippen LogP contribution in [0.3, 0.4) is 0 Å². The first-order valence-electron chi connectivity index (χ1n) is 11.2. The lowest BCUT2D eigenvalue weighted by atomic mass is 9.71. The van der Waals surface area contributed by atoms with E-state index in [1.807, 2.05) is 18.2 Å². The Balaban J connectivity index is 1.20. The molecule has 3 aromatic heterocycles. The number of hydrogen-bond donors (Lipinski definition) is 1. The summed E-state index contributed by atoms with van der Waals surface area (Å²) in [4.78, 5) is 26.0. The van der Waals surface area contributed by atoms with Crippen molar-refractivity contribution in [1.82, 2.24) is 14.9 Å². The van der Waals surface area contributed by atoms with Gasteiger partial charge in [0.1, 0.15) is 11.4 Å². The first-order valence-corrected chi connectivity index (χ1v) is 11.2. The highest BCUT2D eigenvalue weighted by atomic mass is 16.3. The molecule has 0 atom stereocenters. The number of amides is 1. The molecule has 2 aliphatic heterocycles. The maximum atomic E-state index is 13.6. The van der Waals surface area contributed by atoms with Crippen molar-refractivity contribution in [3.63, 3.8) is 0 Å². The number of para-hydroxylation sites is 1. The van der Waals surface area contributed by atoms with Gasteiger partial charge in [0.15, 0.2) is 0 Å². The molecule has 2 fully saturated rings. The number of pyridine rings is 1. The number of fused-ring (bicyclic) bond motifs is 2. The number of H-pyrrole nitrogens is 1. The van der Waals surface area contributed by atoms with Crippen molar-refractivity contribution >= 4 is 33.6 Å². The zero-order valence-electron chi connectivity index (χ0n) is 17.5. The smallest absolute Gasteiger partial charge is 0.229 e. The first-order chi connectivity index (χ1) is 15.2. The van der Waals surface area contributed by atoms with E-state index in [1.54, 1.807) is 12.5 Å². The van der Waals surface area contributed by atoms with Gasteiger partial charge in [-0.05, 0) is 49.4 Å². The number of hydrogen-bond acceptors (Lipinski definition) is 4. The Kier molecular flexibility index (Phi) is 4.26. The van der Waals surface area contributed by atoms with Gasteiger partial charge in [0.25, 0.3) is 0 Å². The molecule has 0 aliphatic carbocycles. The number of furan rings is 1. The average molecular weight is 415 g/mol. The van der Waals surface area contributed by atoms with Crippen LogP contribution in [0.1, 0.15) is 31.2 Å². The van der Waals surface area contributed by atoms with E-state index in [2.05, 4.69) is 44.2 Å². The number of carbonyl (C=O) groups excluding carboxylic acids is 1. The summed E-state index contributed by atoms with van der Waals surface area (Å²) in [6.07, 6.45) is 9.41. The van der Waals surface area contributed by atoms with Gasteiger partial charge in [-0.3, -0.25) is 4.79 Å². The first kappa shape index (κ1) is 18.5. The van der Waals surface area contributed by atoms with Crippen LogP contribution >= 0.6 is 0 Å². The molecule has 1 N–H and O–H groups in total. The molecule has 31 heavy (non-hydrogen) atoms. The summed E-state index contributed by atoms with van der Waals surface area (Å²) in [5, 5.41) is 2.26. The Morgan fingerprint density at radius 3 is 2.81 bits per heavy atom. The van der Waals surface area contributed by atoms with Gasteiger partial charge >= 0.3 is 0 Å². The highest BCUT2D eigenvalue weighted by Crippen LogP contribution is 2.43. The van der Waals surface area contributed by atoms with E-state index in [4.69, 9.17) is 4.42 Å². The minimum Gasteiger partial charge on any atom is -0.464 e. The van der Waals surface area contributed by atoms with Crippen LogP contribution in [0.25, 0.3) is 21.9 Å². The molecule has 5 heterocycles. The van der Waals surface area contributed by atoms with Gasteiger partial charge in [0, 0.05) is 49.5 Å². The third-order valence-electron chi connectivity index (χ3n) is 7.24. The molecule has 2 saturated heterocycles. The van der Waals surface area contributed by atoms with Crippen LogP contribution in [-0.2, 0) is 11.3 Å². The molecule has 6 heteroatoms. The molecular weight excluding hydrogens is 388 g/mol. The Bertz CT molecular complexity index is 1250. The SMILES string of the molecule is O=C1N(Cc2c[nH]c3ccccc23)CCCC12CCN(c1nccc3occc13)CC2. The summed E-state index contributed by atoms with van der Waals surface area (Å²) in [5.41, 5.74) is 2.97. The van der Waals surface area contributed by atoms with Gasteiger partial charge in [-0.25, -0.2) is 4.98 Å². The predicted molar refractivity (Wildman–Crippen MR) is 121 cm³/mol. The van der Waals surface area contributed by atoms with E-state index in [-0.39, 0.29) is 5.41 Å².